The summed E-state index contributed by atoms with van der Waals surface area (Å²) in [6.45, 7) is -0.419. The van der Waals surface area contributed by atoms with E-state index in [9.17, 15) is 8.78 Å². The molecule has 0 aliphatic rings. The Kier molecular flexibility index (Phi) is 4.35. The van der Waals surface area contributed by atoms with Gasteiger partial charge in [0.15, 0.2) is 11.6 Å². The van der Waals surface area contributed by atoms with Crippen molar-refractivity contribution in [3.63, 3.8) is 0 Å². The van der Waals surface area contributed by atoms with Crippen LogP contribution < -0.4 is 4.74 Å². The predicted molar refractivity (Wildman–Crippen MR) is 68.1 cm³/mol. The molecule has 0 aliphatic carbocycles. The van der Waals surface area contributed by atoms with Crippen molar-refractivity contribution in [3.05, 3.63) is 64.2 Å². The fraction of sp³-hybridized carbons (Fsp3) is 0.143. The van der Waals surface area contributed by atoms with E-state index in [-0.39, 0.29) is 29.5 Å². The van der Waals surface area contributed by atoms with Gasteiger partial charge in [-0.25, -0.2) is 8.78 Å². The maximum absolute atomic E-state index is 13.6. The molecule has 0 fully saturated rings. The first-order chi connectivity index (χ1) is 9.11. The molecule has 19 heavy (non-hydrogen) atoms. The first-order valence-electron chi connectivity index (χ1n) is 5.57. The highest BCUT2D eigenvalue weighted by molar-refractivity contribution is 6.31. The van der Waals surface area contributed by atoms with Gasteiger partial charge in [0.1, 0.15) is 12.4 Å². The molecule has 0 saturated carbocycles. The highest BCUT2D eigenvalue weighted by Gasteiger charge is 2.10. The molecule has 2 aromatic rings. The Morgan fingerprint density at radius 1 is 1.11 bits per heavy atom. The second kappa shape index (κ2) is 5.99. The van der Waals surface area contributed by atoms with Crippen LogP contribution in [0.2, 0.25) is 5.02 Å². The van der Waals surface area contributed by atoms with Crippen LogP contribution in [0, 0.1) is 11.6 Å². The maximum Gasteiger partial charge on any atom is 0.165 e. The van der Waals surface area contributed by atoms with Crippen LogP contribution in [0.5, 0.6) is 5.75 Å². The smallest absolute Gasteiger partial charge is 0.165 e. The number of aliphatic hydroxyl groups excluding tert-OH is 1. The highest BCUT2D eigenvalue weighted by atomic mass is 35.5. The molecule has 0 unspecified atom stereocenters. The van der Waals surface area contributed by atoms with Crippen LogP contribution >= 0.6 is 11.6 Å². The summed E-state index contributed by atoms with van der Waals surface area (Å²) in [5, 5.41) is 9.09. The average Bonchev–Trinajstić information content (AvgIpc) is 2.39. The first-order valence-corrected chi connectivity index (χ1v) is 5.94. The van der Waals surface area contributed by atoms with Gasteiger partial charge in [0.05, 0.1) is 11.6 Å². The fourth-order valence-corrected chi connectivity index (χ4v) is 1.80. The Hall–Kier alpha value is -1.65. The summed E-state index contributed by atoms with van der Waals surface area (Å²) in [6, 6.07) is 8.36. The molecule has 0 heterocycles. The fourth-order valence-electron chi connectivity index (χ4n) is 1.58. The van der Waals surface area contributed by atoms with E-state index in [0.29, 0.717) is 5.56 Å². The van der Waals surface area contributed by atoms with Gasteiger partial charge in [0.2, 0.25) is 0 Å². The van der Waals surface area contributed by atoms with Gasteiger partial charge in [0.25, 0.3) is 0 Å². The number of ether oxygens (including phenoxy) is 1. The third-order valence-electron chi connectivity index (χ3n) is 2.61. The van der Waals surface area contributed by atoms with E-state index in [4.69, 9.17) is 21.4 Å². The van der Waals surface area contributed by atoms with Crippen LogP contribution in [-0.2, 0) is 13.2 Å². The molecule has 2 aromatic carbocycles. The Morgan fingerprint density at radius 2 is 1.89 bits per heavy atom. The lowest BCUT2D eigenvalue weighted by molar-refractivity contribution is 0.275. The van der Waals surface area contributed by atoms with Crippen LogP contribution in [0.3, 0.4) is 0 Å². The number of rotatable bonds is 4. The predicted octanol–water partition coefficient (Wildman–Crippen LogP) is 3.69. The minimum atomic E-state index is -0.612. The molecular formula is C14H11ClF2O2. The summed E-state index contributed by atoms with van der Waals surface area (Å²) in [7, 11) is 0. The van der Waals surface area contributed by atoms with E-state index in [1.807, 2.05) is 0 Å². The molecule has 0 aromatic heterocycles. The van der Waals surface area contributed by atoms with Crippen LogP contribution in [0.4, 0.5) is 8.78 Å². The topological polar surface area (TPSA) is 29.5 Å². The lowest BCUT2D eigenvalue weighted by Gasteiger charge is -2.10. The van der Waals surface area contributed by atoms with E-state index in [0.717, 1.165) is 6.07 Å². The molecule has 0 atom stereocenters. The zero-order valence-corrected chi connectivity index (χ0v) is 10.6. The normalized spacial score (nSPS) is 10.5. The van der Waals surface area contributed by atoms with Crippen molar-refractivity contribution in [3.8, 4) is 5.75 Å². The van der Waals surface area contributed by atoms with E-state index < -0.39 is 11.6 Å². The zero-order chi connectivity index (χ0) is 13.8. The van der Waals surface area contributed by atoms with Gasteiger partial charge in [-0.05, 0) is 29.8 Å². The SMILES string of the molecule is OCc1ccc(OCc2c(F)cccc2Cl)c(F)c1. The Balaban J connectivity index is 2.15. The standard InChI is InChI=1S/C14H11ClF2O2/c15-11-2-1-3-12(16)10(11)8-19-14-5-4-9(7-18)6-13(14)17/h1-6,18H,7-8H2. The molecule has 0 spiro atoms. The summed E-state index contributed by atoms with van der Waals surface area (Å²) in [5.74, 6) is -1.13. The van der Waals surface area contributed by atoms with E-state index in [1.165, 1.54) is 30.3 Å². The van der Waals surface area contributed by atoms with Crippen LogP contribution in [0.25, 0.3) is 0 Å². The molecule has 2 rings (SSSR count). The lowest BCUT2D eigenvalue weighted by Crippen LogP contribution is -2.01. The van der Waals surface area contributed by atoms with Gasteiger partial charge < -0.3 is 9.84 Å². The summed E-state index contributed by atoms with van der Waals surface area (Å²) in [4.78, 5) is 0. The van der Waals surface area contributed by atoms with Crippen molar-refractivity contribution in [2.45, 2.75) is 13.2 Å². The summed E-state index contributed by atoms with van der Waals surface area (Å²) in [5.41, 5.74) is 0.614. The van der Waals surface area contributed by atoms with Gasteiger partial charge in [-0.1, -0.05) is 23.7 Å². The molecular weight excluding hydrogens is 274 g/mol. The Labute approximate surface area is 114 Å². The van der Waals surface area contributed by atoms with Crippen LogP contribution in [0.1, 0.15) is 11.1 Å². The van der Waals surface area contributed by atoms with Crippen LogP contribution in [-0.4, -0.2) is 5.11 Å². The highest BCUT2D eigenvalue weighted by Crippen LogP contribution is 2.23. The summed E-state index contributed by atoms with van der Waals surface area (Å²) >= 11 is 5.84. The third kappa shape index (κ3) is 3.22. The number of aliphatic hydroxyl groups is 1. The van der Waals surface area contributed by atoms with Crippen molar-refractivity contribution in [2.24, 2.45) is 0 Å². The minimum absolute atomic E-state index is 0.0171. The van der Waals surface area contributed by atoms with Crippen molar-refractivity contribution < 1.29 is 18.6 Å². The molecule has 0 saturated heterocycles. The van der Waals surface area contributed by atoms with E-state index in [2.05, 4.69) is 0 Å². The first kappa shape index (κ1) is 13.8. The Morgan fingerprint density at radius 3 is 2.53 bits per heavy atom. The van der Waals surface area contributed by atoms with Gasteiger partial charge in [0, 0.05) is 5.56 Å². The van der Waals surface area contributed by atoms with Gasteiger partial charge in [-0.3, -0.25) is 0 Å². The van der Waals surface area contributed by atoms with E-state index in [1.54, 1.807) is 0 Å². The van der Waals surface area contributed by atoms with Crippen molar-refractivity contribution in [2.75, 3.05) is 0 Å². The molecule has 5 heteroatoms. The molecule has 2 nitrogen and oxygen atoms in total. The largest absolute Gasteiger partial charge is 0.486 e. The van der Waals surface area contributed by atoms with Gasteiger partial charge in [-0.15, -0.1) is 0 Å². The van der Waals surface area contributed by atoms with Gasteiger partial charge >= 0.3 is 0 Å². The minimum Gasteiger partial charge on any atom is -0.486 e. The van der Waals surface area contributed by atoms with Gasteiger partial charge in [-0.2, -0.15) is 0 Å². The molecule has 100 valence electrons. The molecule has 1 N–H and O–H groups in total. The molecule has 0 aliphatic heterocycles. The molecule has 0 bridgehead atoms. The summed E-state index contributed by atoms with van der Waals surface area (Å²) in [6.07, 6.45) is 0. The second-order valence-electron chi connectivity index (χ2n) is 3.91. The summed E-state index contributed by atoms with van der Waals surface area (Å²) < 4.78 is 32.3. The maximum atomic E-state index is 13.6. The van der Waals surface area contributed by atoms with E-state index >= 15 is 0 Å². The van der Waals surface area contributed by atoms with Crippen molar-refractivity contribution in [1.29, 1.82) is 0 Å². The lowest BCUT2D eigenvalue weighted by atomic mass is 10.2. The average molecular weight is 285 g/mol. The van der Waals surface area contributed by atoms with Crippen molar-refractivity contribution in [1.82, 2.24) is 0 Å². The number of hydrogen-bond donors (Lipinski definition) is 1. The second-order valence-corrected chi connectivity index (χ2v) is 4.32. The number of halogens is 3. The molecule has 0 amide bonds. The van der Waals surface area contributed by atoms with Crippen molar-refractivity contribution >= 4 is 11.6 Å². The van der Waals surface area contributed by atoms with Crippen LogP contribution in [0.15, 0.2) is 36.4 Å². The number of benzene rings is 2. The molecule has 0 radical (unpaired) electrons. The monoisotopic (exact) mass is 284 g/mol. The third-order valence-corrected chi connectivity index (χ3v) is 2.97. The quantitative estimate of drug-likeness (QED) is 0.928. The Bertz CT molecular complexity index is 567. The zero-order valence-electron chi connectivity index (χ0n) is 9.87. The number of hydrogen-bond acceptors (Lipinski definition) is 2.